The van der Waals surface area contributed by atoms with Crippen molar-refractivity contribution in [1.29, 1.82) is 0 Å². The lowest BCUT2D eigenvalue weighted by Crippen LogP contribution is -2.51. The summed E-state index contributed by atoms with van der Waals surface area (Å²) in [5, 5.41) is 9.93. The van der Waals surface area contributed by atoms with E-state index in [2.05, 4.69) is 4.90 Å². The van der Waals surface area contributed by atoms with E-state index in [1.54, 1.807) is 0 Å². The number of β-amino-alcohol motifs (C(OH)–C–C–N with tert-alkyl or cyclic N) is 1. The molecule has 106 valence electrons. The van der Waals surface area contributed by atoms with E-state index in [0.29, 0.717) is 26.4 Å². The van der Waals surface area contributed by atoms with Gasteiger partial charge in [-0.2, -0.15) is 0 Å². The summed E-state index contributed by atoms with van der Waals surface area (Å²) in [5.74, 6) is -0.406. The molecule has 2 saturated heterocycles. The van der Waals surface area contributed by atoms with Crippen LogP contribution in [-0.2, 0) is 14.2 Å². The summed E-state index contributed by atoms with van der Waals surface area (Å²) in [6.07, 6.45) is 1.73. The highest BCUT2D eigenvalue weighted by Gasteiger charge is 2.40. The van der Waals surface area contributed by atoms with Gasteiger partial charge in [0, 0.05) is 13.0 Å². The number of nitrogens with zero attached hydrogens (tertiary/aromatic N) is 1. The van der Waals surface area contributed by atoms with E-state index in [-0.39, 0.29) is 6.10 Å². The summed E-state index contributed by atoms with van der Waals surface area (Å²) >= 11 is 0. The van der Waals surface area contributed by atoms with E-state index < -0.39 is 11.9 Å². The monoisotopic (exact) mass is 259 g/mol. The van der Waals surface area contributed by atoms with Crippen LogP contribution in [0.1, 0.15) is 26.7 Å². The van der Waals surface area contributed by atoms with Crippen LogP contribution in [0.4, 0.5) is 0 Å². The minimum atomic E-state index is -0.441. The smallest absolute Gasteiger partial charge is 0.181 e. The first-order chi connectivity index (χ1) is 8.60. The Morgan fingerprint density at radius 1 is 1.33 bits per heavy atom. The molecule has 2 rings (SSSR count). The molecule has 1 atom stereocenters. The Bertz CT molecular complexity index is 253. The second kappa shape index (κ2) is 6.30. The van der Waals surface area contributed by atoms with Crippen LogP contribution in [-0.4, -0.2) is 67.5 Å². The van der Waals surface area contributed by atoms with Crippen LogP contribution >= 0.6 is 0 Å². The van der Waals surface area contributed by atoms with Gasteiger partial charge < -0.3 is 19.3 Å². The Hall–Kier alpha value is -0.200. The number of hydrogen-bond acceptors (Lipinski definition) is 5. The van der Waals surface area contributed by atoms with Crippen LogP contribution in [0.15, 0.2) is 0 Å². The van der Waals surface area contributed by atoms with Crippen molar-refractivity contribution in [3.63, 3.8) is 0 Å². The number of hydrogen-bond donors (Lipinski definition) is 1. The molecule has 0 saturated carbocycles. The maximum absolute atomic E-state index is 9.93. The van der Waals surface area contributed by atoms with E-state index in [9.17, 15) is 5.11 Å². The van der Waals surface area contributed by atoms with E-state index in [1.165, 1.54) is 0 Å². The van der Waals surface area contributed by atoms with Crippen molar-refractivity contribution < 1.29 is 19.3 Å². The Balaban J connectivity index is 1.75. The maximum Gasteiger partial charge on any atom is 0.181 e. The molecule has 0 amide bonds. The Labute approximate surface area is 109 Å². The zero-order valence-electron chi connectivity index (χ0n) is 11.4. The normalized spacial score (nSPS) is 26.0. The van der Waals surface area contributed by atoms with Crippen LogP contribution in [0, 0.1) is 0 Å². The lowest BCUT2D eigenvalue weighted by atomic mass is 10.0. The molecule has 2 aliphatic heterocycles. The molecule has 0 radical (unpaired) electrons. The second-order valence-corrected chi connectivity index (χ2v) is 5.48. The van der Waals surface area contributed by atoms with Crippen molar-refractivity contribution in [2.24, 2.45) is 0 Å². The molecular weight excluding hydrogens is 234 g/mol. The van der Waals surface area contributed by atoms with Gasteiger partial charge in [-0.1, -0.05) is 0 Å². The van der Waals surface area contributed by atoms with Crippen LogP contribution in [0.2, 0.25) is 0 Å². The highest BCUT2D eigenvalue weighted by atomic mass is 16.7. The molecule has 1 unspecified atom stereocenters. The molecular formula is C13H25NO4. The quantitative estimate of drug-likeness (QED) is 0.784. The molecule has 0 aromatic rings. The third-order valence-corrected chi connectivity index (χ3v) is 3.40. The van der Waals surface area contributed by atoms with Gasteiger partial charge in [-0.05, 0) is 26.8 Å². The summed E-state index contributed by atoms with van der Waals surface area (Å²) < 4.78 is 16.9. The first-order valence-electron chi connectivity index (χ1n) is 6.90. The third kappa shape index (κ3) is 3.90. The summed E-state index contributed by atoms with van der Waals surface area (Å²) in [4.78, 5) is 2.21. The highest BCUT2D eigenvalue weighted by Crippen LogP contribution is 2.29. The Morgan fingerprint density at radius 2 is 2.06 bits per heavy atom. The van der Waals surface area contributed by atoms with E-state index >= 15 is 0 Å². The van der Waals surface area contributed by atoms with Crippen molar-refractivity contribution in [1.82, 2.24) is 4.90 Å². The molecule has 0 aliphatic carbocycles. The summed E-state index contributed by atoms with van der Waals surface area (Å²) in [6.45, 7) is 8.09. The largest absolute Gasteiger partial charge is 0.389 e. The molecule has 0 bridgehead atoms. The molecule has 5 nitrogen and oxygen atoms in total. The standard InChI is InChI=1S/C13H25NO4/c1-11(2)16-9-12(15)8-14-5-3-4-13(10-14)17-6-7-18-13/h11-12,15H,3-10H2,1-2H3. The average Bonchev–Trinajstić information content (AvgIpc) is 2.75. The molecule has 2 aliphatic rings. The lowest BCUT2D eigenvalue weighted by Gasteiger charge is -2.39. The highest BCUT2D eigenvalue weighted by molar-refractivity contribution is 4.84. The van der Waals surface area contributed by atoms with Gasteiger partial charge in [0.15, 0.2) is 5.79 Å². The molecule has 1 N–H and O–H groups in total. The predicted octanol–water partition coefficient (Wildman–Crippen LogP) is 0.611. The number of ether oxygens (including phenoxy) is 3. The van der Waals surface area contributed by atoms with E-state index in [1.807, 2.05) is 13.8 Å². The zero-order valence-corrected chi connectivity index (χ0v) is 11.4. The van der Waals surface area contributed by atoms with Crippen LogP contribution in [0.3, 0.4) is 0 Å². The Kier molecular flexibility index (Phi) is 4.98. The fourth-order valence-corrected chi connectivity index (χ4v) is 2.61. The van der Waals surface area contributed by atoms with Gasteiger partial charge in [0.1, 0.15) is 0 Å². The second-order valence-electron chi connectivity index (χ2n) is 5.48. The van der Waals surface area contributed by atoms with Gasteiger partial charge in [0.05, 0.1) is 38.6 Å². The van der Waals surface area contributed by atoms with Gasteiger partial charge in [-0.15, -0.1) is 0 Å². The molecule has 0 aromatic heterocycles. The molecule has 5 heteroatoms. The minimum absolute atomic E-state index is 0.161. The zero-order chi connectivity index (χ0) is 13.0. The third-order valence-electron chi connectivity index (χ3n) is 3.40. The van der Waals surface area contributed by atoms with E-state index in [0.717, 1.165) is 25.9 Å². The number of likely N-dealkylation sites (tertiary alicyclic amines) is 1. The van der Waals surface area contributed by atoms with Gasteiger partial charge in [-0.25, -0.2) is 0 Å². The van der Waals surface area contributed by atoms with E-state index in [4.69, 9.17) is 14.2 Å². The maximum atomic E-state index is 9.93. The average molecular weight is 259 g/mol. The van der Waals surface area contributed by atoms with Crippen molar-refractivity contribution in [2.75, 3.05) is 39.5 Å². The molecule has 2 heterocycles. The molecule has 2 fully saturated rings. The van der Waals surface area contributed by atoms with Crippen LogP contribution in [0.5, 0.6) is 0 Å². The number of aliphatic hydroxyl groups is 1. The SMILES string of the molecule is CC(C)OCC(O)CN1CCCC2(C1)OCCO2. The summed E-state index contributed by atoms with van der Waals surface area (Å²) in [7, 11) is 0. The topological polar surface area (TPSA) is 51.2 Å². The number of rotatable bonds is 5. The van der Waals surface area contributed by atoms with Crippen molar-refractivity contribution in [2.45, 2.75) is 44.7 Å². The fourth-order valence-electron chi connectivity index (χ4n) is 2.61. The first-order valence-corrected chi connectivity index (χ1v) is 6.90. The van der Waals surface area contributed by atoms with Crippen molar-refractivity contribution >= 4 is 0 Å². The van der Waals surface area contributed by atoms with Crippen LogP contribution in [0.25, 0.3) is 0 Å². The van der Waals surface area contributed by atoms with Crippen molar-refractivity contribution in [3.8, 4) is 0 Å². The molecule has 0 aromatic carbocycles. The minimum Gasteiger partial charge on any atom is -0.389 e. The van der Waals surface area contributed by atoms with Crippen LogP contribution < -0.4 is 0 Å². The Morgan fingerprint density at radius 3 is 2.72 bits per heavy atom. The molecule has 1 spiro atoms. The van der Waals surface area contributed by atoms with Crippen molar-refractivity contribution in [3.05, 3.63) is 0 Å². The van der Waals surface area contributed by atoms with Gasteiger partial charge in [-0.3, -0.25) is 4.90 Å². The number of aliphatic hydroxyl groups excluding tert-OH is 1. The summed E-state index contributed by atoms with van der Waals surface area (Å²) in [6, 6.07) is 0. The predicted molar refractivity (Wildman–Crippen MR) is 67.4 cm³/mol. The van der Waals surface area contributed by atoms with Gasteiger partial charge in [0.25, 0.3) is 0 Å². The first kappa shape index (κ1) is 14.2. The molecule has 18 heavy (non-hydrogen) atoms. The number of piperidine rings is 1. The lowest BCUT2D eigenvalue weighted by molar-refractivity contribution is -0.192. The van der Waals surface area contributed by atoms with Gasteiger partial charge in [0.2, 0.25) is 0 Å². The fraction of sp³-hybridized carbons (Fsp3) is 1.00. The van der Waals surface area contributed by atoms with Gasteiger partial charge >= 0.3 is 0 Å². The summed E-state index contributed by atoms with van der Waals surface area (Å²) in [5.41, 5.74) is 0.